The molecular formula is C18H12Cl2F3N5. The molecule has 0 N–H and O–H groups in total. The van der Waals surface area contributed by atoms with Crippen LogP contribution in [0.1, 0.15) is 29.4 Å². The fraction of sp³-hybridized carbons (Fsp3) is 0.278. The van der Waals surface area contributed by atoms with Crippen molar-refractivity contribution in [3.8, 4) is 0 Å². The molecule has 5 rings (SSSR count). The van der Waals surface area contributed by atoms with Gasteiger partial charge in [0.05, 0.1) is 5.52 Å². The van der Waals surface area contributed by atoms with Crippen LogP contribution in [0.15, 0.2) is 36.7 Å². The molecule has 4 aromatic rings. The Kier molecular flexibility index (Phi) is 3.86. The van der Waals surface area contributed by atoms with Crippen molar-refractivity contribution in [1.82, 2.24) is 24.4 Å². The average Bonchev–Trinajstić information content (AvgIpc) is 3.18. The fourth-order valence-corrected chi connectivity index (χ4v) is 4.21. The number of alkyl halides is 3. The van der Waals surface area contributed by atoms with Gasteiger partial charge in [-0.25, -0.2) is 9.50 Å². The number of fused-ring (bicyclic) bond motifs is 2. The fourth-order valence-electron chi connectivity index (χ4n) is 3.76. The third-order valence-electron chi connectivity index (χ3n) is 5.04. The van der Waals surface area contributed by atoms with Crippen LogP contribution in [0.25, 0.3) is 16.6 Å². The summed E-state index contributed by atoms with van der Waals surface area (Å²) < 4.78 is 41.1. The van der Waals surface area contributed by atoms with Crippen LogP contribution in [0.5, 0.6) is 0 Å². The first-order chi connectivity index (χ1) is 13.3. The van der Waals surface area contributed by atoms with Crippen LogP contribution in [0.3, 0.4) is 0 Å². The Hall–Kier alpha value is -2.32. The van der Waals surface area contributed by atoms with Crippen molar-refractivity contribution in [2.45, 2.75) is 31.0 Å². The van der Waals surface area contributed by atoms with Gasteiger partial charge in [0.2, 0.25) is 0 Å². The molecule has 28 heavy (non-hydrogen) atoms. The summed E-state index contributed by atoms with van der Waals surface area (Å²) in [5.74, 6) is 0.341. The number of hydrogen-bond acceptors (Lipinski definition) is 3. The van der Waals surface area contributed by atoms with E-state index in [4.69, 9.17) is 23.2 Å². The van der Waals surface area contributed by atoms with Gasteiger partial charge >= 0.3 is 6.18 Å². The molecule has 144 valence electrons. The number of benzene rings is 1. The molecule has 0 bridgehead atoms. The summed E-state index contributed by atoms with van der Waals surface area (Å²) in [4.78, 5) is 4.34. The van der Waals surface area contributed by atoms with Gasteiger partial charge in [-0.3, -0.25) is 4.68 Å². The number of rotatable bonds is 3. The van der Waals surface area contributed by atoms with Gasteiger partial charge < -0.3 is 0 Å². The molecule has 0 amide bonds. The Balaban J connectivity index is 1.52. The molecule has 0 unspecified atom stereocenters. The highest BCUT2D eigenvalue weighted by Crippen LogP contribution is 2.56. The average molecular weight is 426 g/mol. The Morgan fingerprint density at radius 1 is 1.11 bits per heavy atom. The molecule has 1 aliphatic carbocycles. The molecule has 5 nitrogen and oxygen atoms in total. The lowest BCUT2D eigenvalue weighted by molar-refractivity contribution is -0.141. The van der Waals surface area contributed by atoms with Crippen molar-refractivity contribution >= 4 is 39.8 Å². The van der Waals surface area contributed by atoms with Crippen molar-refractivity contribution in [3.63, 3.8) is 0 Å². The third kappa shape index (κ3) is 3.00. The molecule has 1 fully saturated rings. The maximum absolute atomic E-state index is 12.9. The molecule has 0 aliphatic heterocycles. The predicted molar refractivity (Wildman–Crippen MR) is 98.9 cm³/mol. The zero-order chi connectivity index (χ0) is 19.6. The smallest absolute Gasteiger partial charge is 0.254 e. The van der Waals surface area contributed by atoms with Crippen molar-refractivity contribution < 1.29 is 13.2 Å². The summed E-state index contributed by atoms with van der Waals surface area (Å²) in [6, 6.07) is 7.17. The van der Waals surface area contributed by atoms with E-state index in [0.29, 0.717) is 16.1 Å². The highest BCUT2D eigenvalue weighted by molar-refractivity contribution is 6.34. The normalized spacial score (nSPS) is 19.6. The molecule has 2 atom stereocenters. The Labute approximate surface area is 166 Å². The first-order valence-corrected chi connectivity index (χ1v) is 9.28. The minimum atomic E-state index is -4.37. The van der Waals surface area contributed by atoms with E-state index in [9.17, 15) is 13.2 Å². The van der Waals surface area contributed by atoms with Gasteiger partial charge in [0.1, 0.15) is 11.7 Å². The van der Waals surface area contributed by atoms with E-state index in [1.165, 1.54) is 0 Å². The lowest BCUT2D eigenvalue weighted by atomic mass is 10.0. The molecule has 1 aliphatic rings. The SMILES string of the molecule is FC(F)(F)Cn1nc(Cl)c2ccc([C@H]3C[C@@H]3c3cc(Cl)nn4ccnc34)cc21. The number of nitrogens with zero attached hydrogens (tertiary/aromatic N) is 5. The highest BCUT2D eigenvalue weighted by Gasteiger charge is 2.41. The molecule has 3 heterocycles. The topological polar surface area (TPSA) is 48.0 Å². The second-order valence-electron chi connectivity index (χ2n) is 6.91. The molecule has 0 spiro atoms. The van der Waals surface area contributed by atoms with Crippen molar-refractivity contribution in [1.29, 1.82) is 0 Å². The molecule has 1 aromatic carbocycles. The minimum Gasteiger partial charge on any atom is -0.254 e. The van der Waals surface area contributed by atoms with Gasteiger partial charge in [-0.05, 0) is 42.0 Å². The maximum atomic E-state index is 12.9. The predicted octanol–water partition coefficient (Wildman–Crippen LogP) is 5.22. The summed E-state index contributed by atoms with van der Waals surface area (Å²) in [5, 5.41) is 8.97. The van der Waals surface area contributed by atoms with Crippen LogP contribution in [0, 0.1) is 0 Å². The molecule has 10 heteroatoms. The van der Waals surface area contributed by atoms with E-state index in [-0.39, 0.29) is 17.0 Å². The monoisotopic (exact) mass is 425 g/mol. The van der Waals surface area contributed by atoms with Crippen LogP contribution in [-0.2, 0) is 6.54 Å². The van der Waals surface area contributed by atoms with E-state index in [0.717, 1.165) is 27.9 Å². The Morgan fingerprint density at radius 2 is 1.93 bits per heavy atom. The molecule has 3 aromatic heterocycles. The van der Waals surface area contributed by atoms with Crippen LogP contribution in [0.4, 0.5) is 13.2 Å². The summed E-state index contributed by atoms with van der Waals surface area (Å²) in [6.07, 6.45) is -0.134. The van der Waals surface area contributed by atoms with Gasteiger partial charge in [0, 0.05) is 23.3 Å². The largest absolute Gasteiger partial charge is 0.408 e. The van der Waals surface area contributed by atoms with Crippen LogP contribution in [0.2, 0.25) is 10.3 Å². The lowest BCUT2D eigenvalue weighted by Crippen LogP contribution is -2.18. The van der Waals surface area contributed by atoms with Crippen LogP contribution < -0.4 is 0 Å². The summed E-state index contributed by atoms with van der Waals surface area (Å²) in [6.45, 7) is -1.18. The Morgan fingerprint density at radius 3 is 2.71 bits per heavy atom. The highest BCUT2D eigenvalue weighted by atomic mass is 35.5. The van der Waals surface area contributed by atoms with Crippen LogP contribution >= 0.6 is 23.2 Å². The Bertz CT molecular complexity index is 1210. The first kappa shape index (κ1) is 17.8. The molecule has 1 saturated carbocycles. The van der Waals surface area contributed by atoms with Crippen LogP contribution in [-0.4, -0.2) is 30.6 Å². The summed E-state index contributed by atoms with van der Waals surface area (Å²) in [7, 11) is 0. The maximum Gasteiger partial charge on any atom is 0.408 e. The van der Waals surface area contributed by atoms with E-state index >= 15 is 0 Å². The second kappa shape index (κ2) is 6.09. The minimum absolute atomic E-state index is 0.0677. The number of imidazole rings is 1. The van der Waals surface area contributed by atoms with E-state index in [1.54, 1.807) is 35.1 Å². The van der Waals surface area contributed by atoms with E-state index in [2.05, 4.69) is 15.2 Å². The zero-order valence-electron chi connectivity index (χ0n) is 14.2. The van der Waals surface area contributed by atoms with Crippen molar-refractivity contribution in [3.05, 3.63) is 58.1 Å². The standard InChI is InChI=1S/C18H12Cl2F3N5/c19-15-7-13(17-24-3-4-27(17)25-15)12-6-11(12)9-1-2-10-14(5-9)28(26-16(10)20)8-18(21,22)23/h1-5,7,11-12H,6,8H2/t11-,12+/m1/s1. The van der Waals surface area contributed by atoms with E-state index in [1.807, 2.05) is 6.07 Å². The van der Waals surface area contributed by atoms with Gasteiger partial charge in [-0.2, -0.15) is 23.4 Å². The molecule has 0 radical (unpaired) electrons. The van der Waals surface area contributed by atoms with Crippen molar-refractivity contribution in [2.75, 3.05) is 0 Å². The summed E-state index contributed by atoms with van der Waals surface area (Å²) in [5.41, 5.74) is 3.04. The third-order valence-corrected chi connectivity index (χ3v) is 5.50. The summed E-state index contributed by atoms with van der Waals surface area (Å²) >= 11 is 12.1. The van der Waals surface area contributed by atoms with Gasteiger partial charge in [0.15, 0.2) is 10.8 Å². The van der Waals surface area contributed by atoms with Gasteiger partial charge in [-0.15, -0.1) is 0 Å². The number of hydrogen-bond donors (Lipinski definition) is 0. The second-order valence-corrected chi connectivity index (χ2v) is 7.65. The lowest BCUT2D eigenvalue weighted by Gasteiger charge is -2.08. The quantitative estimate of drug-likeness (QED) is 0.452. The number of halogens is 5. The van der Waals surface area contributed by atoms with E-state index < -0.39 is 12.7 Å². The molecule has 0 saturated heterocycles. The number of aromatic nitrogens is 5. The van der Waals surface area contributed by atoms with Gasteiger partial charge in [-0.1, -0.05) is 29.3 Å². The van der Waals surface area contributed by atoms with Crippen molar-refractivity contribution in [2.24, 2.45) is 0 Å². The van der Waals surface area contributed by atoms with Gasteiger partial charge in [0.25, 0.3) is 0 Å². The molecular weight excluding hydrogens is 414 g/mol. The first-order valence-electron chi connectivity index (χ1n) is 8.53. The zero-order valence-corrected chi connectivity index (χ0v) is 15.7.